The largest absolute Gasteiger partial charge is 0.396 e. The first kappa shape index (κ1) is 19.8. The van der Waals surface area contributed by atoms with E-state index in [9.17, 15) is 4.79 Å². The molecule has 1 fully saturated rings. The van der Waals surface area contributed by atoms with Gasteiger partial charge in [-0.15, -0.1) is 0 Å². The lowest BCUT2D eigenvalue weighted by Gasteiger charge is -2.47. The molecule has 7 heteroatoms. The predicted octanol–water partition coefficient (Wildman–Crippen LogP) is 1.80. The number of fused-ring (bicyclic) bond motifs is 2. The normalized spacial score (nSPS) is 20.3. The molecule has 1 aromatic heterocycles. The van der Waals surface area contributed by atoms with Gasteiger partial charge in [-0.25, -0.2) is 9.97 Å². The topological polar surface area (TPSA) is 87.6 Å². The Morgan fingerprint density at radius 1 is 1.21 bits per heavy atom. The van der Waals surface area contributed by atoms with E-state index in [4.69, 9.17) is 9.84 Å². The van der Waals surface area contributed by atoms with Crippen LogP contribution in [0.4, 0.5) is 5.95 Å². The third kappa shape index (κ3) is 4.41. The second kappa shape index (κ2) is 8.88. The number of hydrogen-bond acceptors (Lipinski definition) is 6. The predicted molar refractivity (Wildman–Crippen MR) is 110 cm³/mol. The smallest absolute Gasteiger partial charge is 0.225 e. The molecule has 1 atom stereocenters. The first-order chi connectivity index (χ1) is 14.2. The Kier molecular flexibility index (Phi) is 6.06. The van der Waals surface area contributed by atoms with Crippen LogP contribution in [0.15, 0.2) is 42.7 Å². The number of aromatic nitrogens is 2. The van der Waals surface area contributed by atoms with E-state index in [1.54, 1.807) is 12.4 Å². The van der Waals surface area contributed by atoms with Gasteiger partial charge in [-0.3, -0.25) is 4.79 Å². The summed E-state index contributed by atoms with van der Waals surface area (Å²) in [4.78, 5) is 23.3. The zero-order valence-corrected chi connectivity index (χ0v) is 16.6. The van der Waals surface area contributed by atoms with Crippen molar-refractivity contribution in [2.24, 2.45) is 0 Å². The van der Waals surface area contributed by atoms with E-state index in [0.29, 0.717) is 19.4 Å². The zero-order valence-electron chi connectivity index (χ0n) is 16.6. The molecule has 1 saturated heterocycles. The lowest BCUT2D eigenvalue weighted by atomic mass is 9.78. The molecule has 2 aliphatic rings. The monoisotopic (exact) mass is 396 g/mol. The quantitative estimate of drug-likeness (QED) is 0.724. The fourth-order valence-electron chi connectivity index (χ4n) is 4.42. The van der Waals surface area contributed by atoms with Crippen LogP contribution in [0.3, 0.4) is 0 Å². The first-order valence-corrected chi connectivity index (χ1v) is 10.4. The summed E-state index contributed by atoms with van der Waals surface area (Å²) >= 11 is 0. The number of ether oxygens (including phenoxy) is 1. The molecule has 29 heavy (non-hydrogen) atoms. The molecule has 0 radical (unpaired) electrons. The van der Waals surface area contributed by atoms with Gasteiger partial charge in [-0.1, -0.05) is 24.3 Å². The van der Waals surface area contributed by atoms with Gasteiger partial charge in [0.2, 0.25) is 11.9 Å². The Balaban J connectivity index is 1.48. The number of nitrogens with one attached hydrogen (secondary N) is 1. The fourth-order valence-corrected chi connectivity index (χ4v) is 4.42. The molecule has 0 bridgehead atoms. The van der Waals surface area contributed by atoms with Crippen molar-refractivity contribution in [2.45, 2.75) is 43.8 Å². The van der Waals surface area contributed by atoms with Crippen molar-refractivity contribution in [1.29, 1.82) is 0 Å². The van der Waals surface area contributed by atoms with Crippen LogP contribution in [-0.2, 0) is 21.6 Å². The number of aliphatic hydroxyl groups is 1. The van der Waals surface area contributed by atoms with Crippen molar-refractivity contribution in [3.63, 3.8) is 0 Å². The van der Waals surface area contributed by atoms with E-state index >= 15 is 0 Å². The van der Waals surface area contributed by atoms with Crippen molar-refractivity contribution in [3.8, 4) is 0 Å². The Morgan fingerprint density at radius 2 is 1.97 bits per heavy atom. The molecular formula is C22H28N4O3. The maximum absolute atomic E-state index is 12.3. The van der Waals surface area contributed by atoms with E-state index in [1.807, 2.05) is 6.07 Å². The number of nitrogens with zero attached hydrogens (tertiary/aromatic N) is 3. The third-order valence-electron chi connectivity index (χ3n) is 5.82. The van der Waals surface area contributed by atoms with Gasteiger partial charge < -0.3 is 20.1 Å². The van der Waals surface area contributed by atoms with Crippen molar-refractivity contribution in [3.05, 3.63) is 53.9 Å². The van der Waals surface area contributed by atoms with Crippen LogP contribution in [0, 0.1) is 0 Å². The lowest BCUT2D eigenvalue weighted by molar-refractivity contribution is -0.141. The first-order valence-electron chi connectivity index (χ1n) is 10.4. The number of rotatable bonds is 6. The molecule has 1 aromatic carbocycles. The summed E-state index contributed by atoms with van der Waals surface area (Å²) in [5.41, 5.74) is 2.16. The Morgan fingerprint density at radius 3 is 2.72 bits per heavy atom. The van der Waals surface area contributed by atoms with Crippen LogP contribution < -0.4 is 10.2 Å². The molecule has 4 rings (SSSR count). The molecule has 2 N–H and O–H groups in total. The maximum atomic E-state index is 12.3. The van der Waals surface area contributed by atoms with Crippen LogP contribution in [-0.4, -0.2) is 53.3 Å². The Bertz CT molecular complexity index is 822. The maximum Gasteiger partial charge on any atom is 0.225 e. The van der Waals surface area contributed by atoms with Crippen LogP contribution >= 0.6 is 0 Å². The molecule has 2 aliphatic heterocycles. The van der Waals surface area contributed by atoms with E-state index in [0.717, 1.165) is 38.3 Å². The van der Waals surface area contributed by atoms with Crippen molar-refractivity contribution in [2.75, 3.05) is 31.1 Å². The third-order valence-corrected chi connectivity index (χ3v) is 5.82. The van der Waals surface area contributed by atoms with Crippen LogP contribution in [0.5, 0.6) is 0 Å². The van der Waals surface area contributed by atoms with Crippen LogP contribution in [0.25, 0.3) is 0 Å². The molecule has 1 unspecified atom stereocenters. The minimum atomic E-state index is -0.365. The minimum Gasteiger partial charge on any atom is -0.396 e. The van der Waals surface area contributed by atoms with Crippen molar-refractivity contribution >= 4 is 11.9 Å². The standard InChI is InChI=1S/C22H28N4O3/c27-14-4-11-23-20(28)16-18-15-17-5-1-2-6-19(17)22(29-18)7-12-26(13-8-22)21-24-9-3-10-25-21/h1-3,5-6,9-10,18,27H,4,7-8,11-16H2,(H,23,28). The number of anilines is 1. The molecular weight excluding hydrogens is 368 g/mol. The number of carbonyl (C=O) groups excluding carboxylic acids is 1. The highest BCUT2D eigenvalue weighted by Gasteiger charge is 2.44. The number of benzene rings is 1. The number of hydrogen-bond donors (Lipinski definition) is 2. The fraction of sp³-hybridized carbons (Fsp3) is 0.500. The van der Waals surface area contributed by atoms with Crippen LogP contribution in [0.2, 0.25) is 0 Å². The highest BCUT2D eigenvalue weighted by molar-refractivity contribution is 5.76. The summed E-state index contributed by atoms with van der Waals surface area (Å²) in [6.07, 6.45) is 6.73. The van der Waals surface area contributed by atoms with Crippen molar-refractivity contribution < 1.29 is 14.6 Å². The summed E-state index contributed by atoms with van der Waals surface area (Å²) in [7, 11) is 0. The lowest BCUT2D eigenvalue weighted by Crippen LogP contribution is -2.50. The molecule has 1 amide bonds. The number of aliphatic hydroxyl groups excluding tert-OH is 1. The Hall–Kier alpha value is -2.51. The molecule has 1 spiro atoms. The summed E-state index contributed by atoms with van der Waals surface area (Å²) < 4.78 is 6.62. The highest BCUT2D eigenvalue weighted by atomic mass is 16.5. The van der Waals surface area contributed by atoms with Gasteiger partial charge >= 0.3 is 0 Å². The molecule has 0 saturated carbocycles. The minimum absolute atomic E-state index is 0.0203. The van der Waals surface area contributed by atoms with Crippen molar-refractivity contribution in [1.82, 2.24) is 15.3 Å². The van der Waals surface area contributed by atoms with Gasteiger partial charge in [0.1, 0.15) is 0 Å². The number of piperidine rings is 1. The number of carbonyl (C=O) groups is 1. The van der Waals surface area contributed by atoms with Gasteiger partial charge in [0.15, 0.2) is 0 Å². The Labute approximate surface area is 171 Å². The zero-order chi connectivity index (χ0) is 20.1. The molecule has 2 aromatic rings. The molecule has 154 valence electrons. The summed E-state index contributed by atoms with van der Waals surface area (Å²) in [6, 6.07) is 10.3. The van der Waals surface area contributed by atoms with Gasteiger partial charge in [-0.2, -0.15) is 0 Å². The highest BCUT2D eigenvalue weighted by Crippen LogP contribution is 2.44. The second-order valence-electron chi connectivity index (χ2n) is 7.76. The summed E-state index contributed by atoms with van der Waals surface area (Å²) in [5.74, 6) is 0.736. The van der Waals surface area contributed by atoms with Gasteiger partial charge in [0.05, 0.1) is 18.1 Å². The molecule has 0 aliphatic carbocycles. The van der Waals surface area contributed by atoms with Gasteiger partial charge in [0, 0.05) is 38.6 Å². The number of amides is 1. The average molecular weight is 396 g/mol. The molecule has 3 heterocycles. The van der Waals surface area contributed by atoms with E-state index in [2.05, 4.69) is 44.5 Å². The van der Waals surface area contributed by atoms with Gasteiger partial charge in [-0.05, 0) is 42.9 Å². The summed E-state index contributed by atoms with van der Waals surface area (Å²) in [6.45, 7) is 2.20. The average Bonchev–Trinajstić information content (AvgIpc) is 2.75. The van der Waals surface area contributed by atoms with Gasteiger partial charge in [0.25, 0.3) is 0 Å². The SMILES string of the molecule is O=C(CC1Cc2ccccc2C2(CCN(c3ncccn3)CC2)O1)NCCCO. The van der Waals surface area contributed by atoms with Crippen LogP contribution in [0.1, 0.15) is 36.8 Å². The van der Waals surface area contributed by atoms with E-state index in [1.165, 1.54) is 11.1 Å². The second-order valence-corrected chi connectivity index (χ2v) is 7.76. The molecule has 7 nitrogen and oxygen atoms in total. The van der Waals surface area contributed by atoms with E-state index in [-0.39, 0.29) is 24.2 Å². The van der Waals surface area contributed by atoms with E-state index < -0.39 is 0 Å². The summed E-state index contributed by atoms with van der Waals surface area (Å²) in [5, 5.41) is 11.8.